The van der Waals surface area contributed by atoms with E-state index in [0.29, 0.717) is 17.8 Å². The zero-order valence-electron chi connectivity index (χ0n) is 11.7. The van der Waals surface area contributed by atoms with Gasteiger partial charge in [0, 0.05) is 12.8 Å². The van der Waals surface area contributed by atoms with Gasteiger partial charge >= 0.3 is 11.9 Å². The van der Waals surface area contributed by atoms with Gasteiger partial charge in [-0.05, 0) is 23.7 Å². The second kappa shape index (κ2) is 4.56. The zero-order chi connectivity index (χ0) is 13.6. The van der Waals surface area contributed by atoms with E-state index in [-0.39, 0.29) is 35.8 Å². The van der Waals surface area contributed by atoms with Gasteiger partial charge in [-0.25, -0.2) is 0 Å². The minimum Gasteiger partial charge on any atom is -0.469 e. The average molecular weight is 254 g/mol. The Morgan fingerprint density at radius 3 is 2.00 bits per heavy atom. The van der Waals surface area contributed by atoms with Crippen LogP contribution in [-0.4, -0.2) is 25.2 Å². The van der Waals surface area contributed by atoms with Crippen molar-refractivity contribution in [3.8, 4) is 0 Å². The summed E-state index contributed by atoms with van der Waals surface area (Å²) in [6.07, 6.45) is -0.304. The summed E-state index contributed by atoms with van der Waals surface area (Å²) in [6, 6.07) is 0. The van der Waals surface area contributed by atoms with E-state index < -0.39 is 0 Å². The van der Waals surface area contributed by atoms with Crippen molar-refractivity contribution < 1.29 is 19.1 Å². The fourth-order valence-corrected chi connectivity index (χ4v) is 4.40. The number of carbonyl (C=O) groups excluding carboxylic acids is 2. The van der Waals surface area contributed by atoms with Crippen LogP contribution in [0.15, 0.2) is 0 Å². The third-order valence-electron chi connectivity index (χ3n) is 5.18. The average Bonchev–Trinajstić information content (AvgIpc) is 2.68. The molecule has 2 saturated carbocycles. The number of hydrogen-bond donors (Lipinski definition) is 0. The normalized spacial score (nSPS) is 45.9. The molecule has 0 saturated heterocycles. The first-order valence-electron chi connectivity index (χ1n) is 6.65. The molecule has 18 heavy (non-hydrogen) atoms. The van der Waals surface area contributed by atoms with Gasteiger partial charge in [0.1, 0.15) is 6.10 Å². The molecule has 102 valence electrons. The molecule has 2 aliphatic rings. The smallest absolute Gasteiger partial charge is 0.312 e. The van der Waals surface area contributed by atoms with Crippen LogP contribution >= 0.6 is 0 Å². The SMILES string of the molecule is COC(=O)[C@H]1C2C(C)C(C)C(C2C)[C@H]1OC(C)=O. The summed E-state index contributed by atoms with van der Waals surface area (Å²) >= 11 is 0. The van der Waals surface area contributed by atoms with Gasteiger partial charge in [-0.1, -0.05) is 20.8 Å². The van der Waals surface area contributed by atoms with Crippen LogP contribution in [0, 0.1) is 35.5 Å². The Morgan fingerprint density at radius 1 is 0.944 bits per heavy atom. The molecule has 0 heterocycles. The Kier molecular flexibility index (Phi) is 3.39. The van der Waals surface area contributed by atoms with Crippen molar-refractivity contribution >= 4 is 11.9 Å². The van der Waals surface area contributed by atoms with Gasteiger partial charge in [-0.15, -0.1) is 0 Å². The highest BCUT2D eigenvalue weighted by molar-refractivity contribution is 5.75. The lowest BCUT2D eigenvalue weighted by atomic mass is 9.74. The van der Waals surface area contributed by atoms with Gasteiger partial charge < -0.3 is 9.47 Å². The summed E-state index contributed by atoms with van der Waals surface area (Å²) in [7, 11) is 1.40. The molecule has 4 nitrogen and oxygen atoms in total. The maximum atomic E-state index is 12.0. The van der Waals surface area contributed by atoms with E-state index in [2.05, 4.69) is 20.8 Å². The summed E-state index contributed by atoms with van der Waals surface area (Å²) in [5.74, 6) is 1.07. The topological polar surface area (TPSA) is 52.6 Å². The van der Waals surface area contributed by atoms with E-state index in [0.717, 1.165) is 0 Å². The lowest BCUT2D eigenvalue weighted by molar-refractivity contribution is -0.165. The van der Waals surface area contributed by atoms with Crippen LogP contribution in [-0.2, 0) is 19.1 Å². The standard InChI is InChI=1S/C14H22O4/c1-6-7(2)11-8(3)10(6)12(14(16)17-5)13(11)18-9(4)15/h6-8,10-13H,1-5H3/t6?,7?,8?,10?,11?,12-,13+/m0/s1. The minimum atomic E-state index is -0.312. The van der Waals surface area contributed by atoms with Crippen molar-refractivity contribution in [2.24, 2.45) is 35.5 Å². The molecular formula is C14H22O4. The van der Waals surface area contributed by atoms with E-state index in [1.165, 1.54) is 14.0 Å². The van der Waals surface area contributed by atoms with Crippen molar-refractivity contribution in [1.82, 2.24) is 0 Å². The predicted molar refractivity (Wildman–Crippen MR) is 65.5 cm³/mol. The molecular weight excluding hydrogens is 232 g/mol. The van der Waals surface area contributed by atoms with Gasteiger partial charge in [0.05, 0.1) is 13.0 Å². The molecule has 2 fully saturated rings. The first-order chi connectivity index (χ1) is 8.40. The van der Waals surface area contributed by atoms with Crippen LogP contribution in [0.1, 0.15) is 27.7 Å². The summed E-state index contributed by atoms with van der Waals surface area (Å²) in [6.45, 7) is 7.94. The molecule has 5 unspecified atom stereocenters. The highest BCUT2D eigenvalue weighted by Gasteiger charge is 2.63. The van der Waals surface area contributed by atoms with Crippen LogP contribution in [0.5, 0.6) is 0 Å². The summed E-state index contributed by atoms with van der Waals surface area (Å²) in [5.41, 5.74) is 0. The fourth-order valence-electron chi connectivity index (χ4n) is 4.40. The first kappa shape index (κ1) is 13.4. The zero-order valence-corrected chi connectivity index (χ0v) is 11.7. The van der Waals surface area contributed by atoms with Crippen molar-refractivity contribution in [2.75, 3.05) is 7.11 Å². The molecule has 0 N–H and O–H groups in total. The van der Waals surface area contributed by atoms with Gasteiger partial charge in [-0.3, -0.25) is 9.59 Å². The summed E-state index contributed by atoms with van der Waals surface area (Å²) < 4.78 is 10.3. The van der Waals surface area contributed by atoms with Gasteiger partial charge in [-0.2, -0.15) is 0 Å². The highest BCUT2D eigenvalue weighted by Crippen LogP contribution is 2.59. The van der Waals surface area contributed by atoms with E-state index in [4.69, 9.17) is 9.47 Å². The molecule has 2 bridgehead atoms. The lowest BCUT2D eigenvalue weighted by Gasteiger charge is -2.36. The highest BCUT2D eigenvalue weighted by atomic mass is 16.6. The molecule has 4 heteroatoms. The summed E-state index contributed by atoms with van der Waals surface area (Å²) in [5, 5.41) is 0. The Morgan fingerprint density at radius 2 is 1.50 bits per heavy atom. The molecule has 0 amide bonds. The number of hydrogen-bond acceptors (Lipinski definition) is 4. The van der Waals surface area contributed by atoms with Crippen LogP contribution in [0.3, 0.4) is 0 Å². The van der Waals surface area contributed by atoms with Crippen LogP contribution in [0.2, 0.25) is 0 Å². The molecule has 2 rings (SSSR count). The maximum absolute atomic E-state index is 12.0. The van der Waals surface area contributed by atoms with Crippen molar-refractivity contribution in [3.63, 3.8) is 0 Å². The molecule has 2 aliphatic carbocycles. The number of fused-ring (bicyclic) bond motifs is 2. The van der Waals surface area contributed by atoms with Crippen molar-refractivity contribution in [3.05, 3.63) is 0 Å². The molecule has 7 atom stereocenters. The van der Waals surface area contributed by atoms with E-state index in [1.54, 1.807) is 0 Å². The molecule has 0 radical (unpaired) electrons. The van der Waals surface area contributed by atoms with Crippen LogP contribution in [0.4, 0.5) is 0 Å². The Hall–Kier alpha value is -1.06. The van der Waals surface area contributed by atoms with Gasteiger partial charge in [0.15, 0.2) is 0 Å². The lowest BCUT2D eigenvalue weighted by Crippen LogP contribution is -2.43. The van der Waals surface area contributed by atoms with Gasteiger partial charge in [0.2, 0.25) is 0 Å². The third-order valence-corrected chi connectivity index (χ3v) is 5.18. The third kappa shape index (κ3) is 1.73. The fraction of sp³-hybridized carbons (Fsp3) is 0.857. The molecule has 0 aromatic carbocycles. The van der Waals surface area contributed by atoms with E-state index in [1.807, 2.05) is 0 Å². The van der Waals surface area contributed by atoms with Crippen LogP contribution < -0.4 is 0 Å². The Balaban J connectivity index is 2.31. The maximum Gasteiger partial charge on any atom is 0.312 e. The number of rotatable bonds is 2. The van der Waals surface area contributed by atoms with Gasteiger partial charge in [0.25, 0.3) is 0 Å². The second-order valence-electron chi connectivity index (χ2n) is 5.86. The van der Waals surface area contributed by atoms with Crippen LogP contribution in [0.25, 0.3) is 0 Å². The largest absolute Gasteiger partial charge is 0.469 e. The van der Waals surface area contributed by atoms with E-state index in [9.17, 15) is 9.59 Å². The first-order valence-corrected chi connectivity index (χ1v) is 6.65. The Bertz CT molecular complexity index is 365. The second-order valence-corrected chi connectivity index (χ2v) is 5.86. The molecule has 0 aliphatic heterocycles. The number of carbonyl (C=O) groups is 2. The summed E-state index contributed by atoms with van der Waals surface area (Å²) in [4.78, 5) is 23.2. The number of ether oxygens (including phenoxy) is 2. The molecule has 0 aromatic rings. The van der Waals surface area contributed by atoms with Crippen molar-refractivity contribution in [2.45, 2.75) is 33.8 Å². The minimum absolute atomic E-state index is 0.237. The monoisotopic (exact) mass is 254 g/mol. The Labute approximate surface area is 108 Å². The van der Waals surface area contributed by atoms with E-state index >= 15 is 0 Å². The predicted octanol–water partition coefficient (Wildman–Crippen LogP) is 1.88. The number of methoxy groups -OCH3 is 1. The van der Waals surface area contributed by atoms with Crippen molar-refractivity contribution in [1.29, 1.82) is 0 Å². The quantitative estimate of drug-likeness (QED) is 0.706. The molecule has 0 spiro atoms. The number of esters is 2. The molecule has 0 aromatic heterocycles.